The number of esters is 1. The van der Waals surface area contributed by atoms with Crippen molar-refractivity contribution in [1.29, 1.82) is 0 Å². The molecule has 0 heterocycles. The summed E-state index contributed by atoms with van der Waals surface area (Å²) < 4.78 is 10.2. The molecule has 0 aromatic heterocycles. The van der Waals surface area contributed by atoms with Gasteiger partial charge in [0.25, 0.3) is 5.91 Å². The first-order chi connectivity index (χ1) is 12.5. The zero-order chi connectivity index (χ0) is 18.9. The lowest BCUT2D eigenvalue weighted by Gasteiger charge is -2.12. The summed E-state index contributed by atoms with van der Waals surface area (Å²) in [4.78, 5) is 24.0. The van der Waals surface area contributed by atoms with Crippen molar-refractivity contribution in [3.05, 3.63) is 65.7 Å². The van der Waals surface area contributed by atoms with Gasteiger partial charge in [-0.1, -0.05) is 31.2 Å². The zero-order valence-electron chi connectivity index (χ0n) is 15.2. The second-order valence-electron chi connectivity index (χ2n) is 5.73. The van der Waals surface area contributed by atoms with E-state index in [9.17, 15) is 9.59 Å². The second-order valence-corrected chi connectivity index (χ2v) is 5.73. The molecule has 0 saturated heterocycles. The van der Waals surface area contributed by atoms with Crippen LogP contribution in [-0.2, 0) is 20.7 Å². The van der Waals surface area contributed by atoms with Crippen molar-refractivity contribution in [2.75, 3.05) is 12.4 Å². The number of anilines is 1. The van der Waals surface area contributed by atoms with Crippen molar-refractivity contribution in [3.63, 3.8) is 0 Å². The maximum atomic E-state index is 12.1. The summed E-state index contributed by atoms with van der Waals surface area (Å²) in [6.07, 6.45) is 2.95. The number of ether oxygens (including phenoxy) is 2. The van der Waals surface area contributed by atoms with Gasteiger partial charge in [-0.05, 0) is 54.8 Å². The lowest BCUT2D eigenvalue weighted by molar-refractivity contribution is -0.148. The largest absolute Gasteiger partial charge is 0.497 e. The summed E-state index contributed by atoms with van der Waals surface area (Å²) in [6, 6.07) is 14.8. The third-order valence-corrected chi connectivity index (χ3v) is 3.82. The molecular formula is C21H23NO4. The molecule has 0 radical (unpaired) electrons. The van der Waals surface area contributed by atoms with Gasteiger partial charge in [-0.2, -0.15) is 0 Å². The Kier molecular flexibility index (Phi) is 6.97. The van der Waals surface area contributed by atoms with E-state index in [2.05, 4.69) is 12.2 Å². The number of nitrogens with one attached hydrogen (secondary N) is 1. The first-order valence-electron chi connectivity index (χ1n) is 8.44. The quantitative estimate of drug-likeness (QED) is 0.607. The van der Waals surface area contributed by atoms with Gasteiger partial charge in [0.2, 0.25) is 0 Å². The van der Waals surface area contributed by atoms with E-state index in [0.29, 0.717) is 5.69 Å². The SMILES string of the molecule is CCc1ccc(NC(=O)C(C)OC(=O)C=Cc2ccc(OC)cc2)cc1. The van der Waals surface area contributed by atoms with E-state index in [1.165, 1.54) is 18.6 Å². The van der Waals surface area contributed by atoms with Crippen molar-refractivity contribution >= 4 is 23.6 Å². The maximum Gasteiger partial charge on any atom is 0.331 e. The van der Waals surface area contributed by atoms with Crippen LogP contribution in [0.15, 0.2) is 54.6 Å². The van der Waals surface area contributed by atoms with Gasteiger partial charge < -0.3 is 14.8 Å². The lowest BCUT2D eigenvalue weighted by Crippen LogP contribution is -2.29. The Labute approximate surface area is 153 Å². The summed E-state index contributed by atoms with van der Waals surface area (Å²) in [5.41, 5.74) is 2.69. The van der Waals surface area contributed by atoms with Crippen LogP contribution in [0.5, 0.6) is 5.75 Å². The molecule has 0 aliphatic carbocycles. The Bertz CT molecular complexity index is 764. The topological polar surface area (TPSA) is 64.6 Å². The minimum atomic E-state index is -0.895. The molecule has 0 aliphatic rings. The summed E-state index contributed by atoms with van der Waals surface area (Å²) >= 11 is 0. The molecule has 1 N–H and O–H groups in total. The fourth-order valence-electron chi connectivity index (χ4n) is 2.21. The fourth-order valence-corrected chi connectivity index (χ4v) is 2.21. The van der Waals surface area contributed by atoms with E-state index in [1.807, 2.05) is 36.4 Å². The van der Waals surface area contributed by atoms with E-state index in [4.69, 9.17) is 9.47 Å². The van der Waals surface area contributed by atoms with Crippen LogP contribution in [0.4, 0.5) is 5.69 Å². The van der Waals surface area contributed by atoms with Crippen molar-refractivity contribution in [2.45, 2.75) is 26.4 Å². The van der Waals surface area contributed by atoms with Crippen molar-refractivity contribution in [3.8, 4) is 5.75 Å². The number of carbonyl (C=O) groups excluding carboxylic acids is 2. The molecule has 5 heteroatoms. The standard InChI is InChI=1S/C21H23NO4/c1-4-16-5-10-18(11-6-16)22-21(24)15(2)26-20(23)14-9-17-7-12-19(25-3)13-8-17/h5-15H,4H2,1-3H3,(H,22,24). The predicted molar refractivity (Wildman–Crippen MR) is 102 cm³/mol. The number of hydrogen-bond acceptors (Lipinski definition) is 4. The molecule has 26 heavy (non-hydrogen) atoms. The first-order valence-corrected chi connectivity index (χ1v) is 8.44. The van der Waals surface area contributed by atoms with Crippen LogP contribution in [0.25, 0.3) is 6.08 Å². The third-order valence-electron chi connectivity index (χ3n) is 3.82. The molecule has 0 bridgehead atoms. The average molecular weight is 353 g/mol. The van der Waals surface area contributed by atoms with Gasteiger partial charge >= 0.3 is 5.97 Å². The first kappa shape index (κ1) is 19.2. The number of carbonyl (C=O) groups is 2. The van der Waals surface area contributed by atoms with E-state index in [-0.39, 0.29) is 5.91 Å². The van der Waals surface area contributed by atoms with Crippen LogP contribution in [-0.4, -0.2) is 25.1 Å². The minimum Gasteiger partial charge on any atom is -0.497 e. The highest BCUT2D eigenvalue weighted by molar-refractivity contribution is 5.96. The van der Waals surface area contributed by atoms with Gasteiger partial charge in [-0.3, -0.25) is 4.79 Å². The lowest BCUT2D eigenvalue weighted by atomic mass is 10.1. The van der Waals surface area contributed by atoms with Gasteiger partial charge in [0, 0.05) is 11.8 Å². The number of amides is 1. The molecule has 136 valence electrons. The summed E-state index contributed by atoms with van der Waals surface area (Å²) in [5.74, 6) is -0.216. The monoisotopic (exact) mass is 353 g/mol. The molecule has 0 fully saturated rings. The van der Waals surface area contributed by atoms with Crippen molar-refractivity contribution < 1.29 is 19.1 Å². The Balaban J connectivity index is 1.86. The Morgan fingerprint density at radius 3 is 2.31 bits per heavy atom. The zero-order valence-corrected chi connectivity index (χ0v) is 15.2. The number of benzene rings is 2. The predicted octanol–water partition coefficient (Wildman–Crippen LogP) is 3.84. The van der Waals surface area contributed by atoms with Gasteiger partial charge in [-0.25, -0.2) is 4.79 Å². The van der Waals surface area contributed by atoms with E-state index >= 15 is 0 Å². The Hall–Kier alpha value is -3.08. The molecule has 1 amide bonds. The molecule has 2 rings (SSSR count). The fraction of sp³-hybridized carbons (Fsp3) is 0.238. The van der Waals surface area contributed by atoms with Gasteiger partial charge in [0.15, 0.2) is 6.10 Å². The van der Waals surface area contributed by atoms with Crippen LogP contribution >= 0.6 is 0 Å². The van der Waals surface area contributed by atoms with Crippen LogP contribution in [0, 0.1) is 0 Å². The third kappa shape index (κ3) is 5.77. The molecule has 2 aromatic carbocycles. The Morgan fingerprint density at radius 2 is 1.73 bits per heavy atom. The molecule has 1 atom stereocenters. The maximum absolute atomic E-state index is 12.1. The summed E-state index contributed by atoms with van der Waals surface area (Å²) in [6.45, 7) is 3.60. The van der Waals surface area contributed by atoms with E-state index in [1.54, 1.807) is 25.3 Å². The molecular weight excluding hydrogens is 330 g/mol. The van der Waals surface area contributed by atoms with E-state index < -0.39 is 12.1 Å². The van der Waals surface area contributed by atoms with Crippen LogP contribution in [0.3, 0.4) is 0 Å². The Morgan fingerprint density at radius 1 is 1.08 bits per heavy atom. The highest BCUT2D eigenvalue weighted by atomic mass is 16.5. The van der Waals surface area contributed by atoms with Crippen molar-refractivity contribution in [1.82, 2.24) is 0 Å². The molecule has 0 spiro atoms. The number of methoxy groups -OCH3 is 1. The van der Waals surface area contributed by atoms with Gasteiger partial charge in [0.1, 0.15) is 5.75 Å². The van der Waals surface area contributed by atoms with Crippen LogP contribution in [0.1, 0.15) is 25.0 Å². The molecule has 5 nitrogen and oxygen atoms in total. The van der Waals surface area contributed by atoms with Crippen molar-refractivity contribution in [2.24, 2.45) is 0 Å². The molecule has 0 aliphatic heterocycles. The number of rotatable bonds is 7. The average Bonchev–Trinajstić information content (AvgIpc) is 2.67. The smallest absolute Gasteiger partial charge is 0.331 e. The molecule has 1 unspecified atom stereocenters. The van der Waals surface area contributed by atoms with Crippen LogP contribution < -0.4 is 10.1 Å². The normalized spacial score (nSPS) is 11.8. The van der Waals surface area contributed by atoms with E-state index in [0.717, 1.165) is 17.7 Å². The van der Waals surface area contributed by atoms with Crippen LogP contribution in [0.2, 0.25) is 0 Å². The highest BCUT2D eigenvalue weighted by Gasteiger charge is 2.16. The molecule has 2 aromatic rings. The summed E-state index contributed by atoms with van der Waals surface area (Å²) in [5, 5.41) is 2.73. The van der Waals surface area contributed by atoms with Gasteiger partial charge in [-0.15, -0.1) is 0 Å². The summed E-state index contributed by atoms with van der Waals surface area (Å²) in [7, 11) is 1.59. The second kappa shape index (κ2) is 9.42. The molecule has 0 saturated carbocycles. The minimum absolute atomic E-state index is 0.375. The highest BCUT2D eigenvalue weighted by Crippen LogP contribution is 2.13. The number of hydrogen-bond donors (Lipinski definition) is 1. The number of aryl methyl sites for hydroxylation is 1. The van der Waals surface area contributed by atoms with Gasteiger partial charge in [0.05, 0.1) is 7.11 Å².